The summed E-state index contributed by atoms with van der Waals surface area (Å²) < 4.78 is 0. The van der Waals surface area contributed by atoms with E-state index in [1.165, 1.54) is 250 Å². The van der Waals surface area contributed by atoms with Crippen molar-refractivity contribution in [1.82, 2.24) is 0 Å². The zero-order valence-electron chi connectivity index (χ0n) is 38.4. The van der Waals surface area contributed by atoms with Gasteiger partial charge in [0.05, 0.1) is 0 Å². The summed E-state index contributed by atoms with van der Waals surface area (Å²) in [5, 5.41) is 0. The van der Waals surface area contributed by atoms with Gasteiger partial charge in [-0.2, -0.15) is 0 Å². The average Bonchev–Trinajstić information content (AvgIpc) is 3.17. The van der Waals surface area contributed by atoms with Crippen LogP contribution in [0.15, 0.2) is 0 Å². The van der Waals surface area contributed by atoms with E-state index in [4.69, 9.17) is 0 Å². The van der Waals surface area contributed by atoms with Gasteiger partial charge >= 0.3 is 297 Å². The molecule has 0 aromatic heterocycles. The first kappa shape index (κ1) is 53.4. The molecule has 0 aliphatic rings. The molecular formula is C52H109P. The summed E-state index contributed by atoms with van der Waals surface area (Å²) in [6, 6.07) is 0. The second kappa shape index (κ2) is 46.8. The zero-order chi connectivity index (χ0) is 38.4. The van der Waals surface area contributed by atoms with E-state index in [-0.39, 0.29) is 0 Å². The van der Waals surface area contributed by atoms with Crippen molar-refractivity contribution in [3.63, 3.8) is 0 Å². The first-order chi connectivity index (χ1) is 26.2. The van der Waals surface area contributed by atoms with Gasteiger partial charge in [-0.1, -0.05) is 45.4 Å². The molecular weight excluding hydrogens is 656 g/mol. The van der Waals surface area contributed by atoms with Crippen LogP contribution in [0.2, 0.25) is 0 Å². The van der Waals surface area contributed by atoms with E-state index in [1.807, 2.05) is 0 Å². The van der Waals surface area contributed by atoms with Crippen molar-refractivity contribution in [3.05, 3.63) is 0 Å². The van der Waals surface area contributed by atoms with Crippen molar-refractivity contribution in [2.24, 2.45) is 0 Å². The fraction of sp³-hybridized carbons (Fsp3) is 1.00. The van der Waals surface area contributed by atoms with Crippen molar-refractivity contribution < 1.29 is 0 Å². The average molecular weight is 765 g/mol. The first-order valence-corrected chi connectivity index (χ1v) is 29.1. The van der Waals surface area contributed by atoms with Gasteiger partial charge in [-0.25, -0.2) is 0 Å². The Morgan fingerprint density at radius 2 is 0.264 bits per heavy atom. The van der Waals surface area contributed by atoms with Gasteiger partial charge in [-0.15, -0.1) is 0 Å². The Labute approximate surface area is 340 Å². The predicted molar refractivity (Wildman–Crippen MR) is 254 cm³/mol. The summed E-state index contributed by atoms with van der Waals surface area (Å²) in [4.78, 5) is 0. The second-order valence-electron chi connectivity index (χ2n) is 18.6. The molecule has 1 heteroatoms. The minimum absolute atomic E-state index is 1.16. The molecule has 0 aromatic rings. The van der Waals surface area contributed by atoms with Crippen LogP contribution in [0.25, 0.3) is 0 Å². The number of unbranched alkanes of at least 4 members (excludes halogenated alkanes) is 40. The van der Waals surface area contributed by atoms with E-state index in [9.17, 15) is 0 Å². The molecule has 0 fully saturated rings. The van der Waals surface area contributed by atoms with E-state index >= 15 is 0 Å². The van der Waals surface area contributed by atoms with Crippen LogP contribution in [-0.4, -0.2) is 24.6 Å². The van der Waals surface area contributed by atoms with Gasteiger partial charge in [-0.3, -0.25) is 0 Å². The molecule has 322 valence electrons. The molecule has 0 nitrogen and oxygen atoms in total. The van der Waals surface area contributed by atoms with Gasteiger partial charge in [0.2, 0.25) is 0 Å². The molecule has 53 heavy (non-hydrogen) atoms. The number of hydrogen-bond donors (Lipinski definition) is 0. The molecule has 0 radical (unpaired) electrons. The van der Waals surface area contributed by atoms with Gasteiger partial charge in [0.15, 0.2) is 0 Å². The molecule has 0 N–H and O–H groups in total. The molecule has 0 aliphatic carbocycles. The maximum atomic E-state index is 2.35. The van der Waals surface area contributed by atoms with Gasteiger partial charge in [0.1, 0.15) is 0 Å². The third-order valence-electron chi connectivity index (χ3n) is 13.2. The van der Waals surface area contributed by atoms with E-state index in [0.29, 0.717) is 0 Å². The van der Waals surface area contributed by atoms with Crippen LogP contribution in [0, 0.1) is 0 Å². The SMILES string of the molecule is CCCCCCCCCCCCCCCCCCC[PH](CCCCCCCCCCC)(CCCCCCCCCCC)CCCCCCCCCCC. The van der Waals surface area contributed by atoms with Crippen LogP contribution in [0.3, 0.4) is 0 Å². The van der Waals surface area contributed by atoms with E-state index in [1.54, 1.807) is 56.8 Å². The molecule has 0 heterocycles. The van der Waals surface area contributed by atoms with Gasteiger partial charge in [0, 0.05) is 0 Å². The molecule has 0 aromatic carbocycles. The van der Waals surface area contributed by atoms with Crippen LogP contribution in [0.5, 0.6) is 0 Å². The molecule has 0 rings (SSSR count). The summed E-state index contributed by atoms with van der Waals surface area (Å²) in [5.74, 6) is 0. The van der Waals surface area contributed by atoms with Crippen LogP contribution in [0.4, 0.5) is 0 Å². The summed E-state index contributed by atoms with van der Waals surface area (Å²) in [7, 11) is -1.16. The van der Waals surface area contributed by atoms with Gasteiger partial charge < -0.3 is 0 Å². The second-order valence-corrected chi connectivity index (χ2v) is 23.6. The fourth-order valence-electron chi connectivity index (χ4n) is 9.41. The first-order valence-electron chi connectivity index (χ1n) is 26.2. The zero-order valence-corrected chi connectivity index (χ0v) is 39.4. The third-order valence-corrected chi connectivity index (χ3v) is 18.9. The Kier molecular flexibility index (Phi) is 47.2. The Morgan fingerprint density at radius 1 is 0.151 bits per heavy atom. The molecule has 0 saturated carbocycles. The standard InChI is InChI=1S/C52H109P/c1-5-9-13-17-21-25-26-27-28-29-30-31-32-36-40-44-48-52-53(49-45-41-37-33-22-18-14-10-6-2,50-46-42-38-34-23-19-15-11-7-3)51-47-43-39-35-24-20-16-12-8-4/h53H,5-52H2,1-4H3. The molecule has 0 unspecified atom stereocenters. The number of rotatable bonds is 48. The molecule has 0 bridgehead atoms. The Hall–Kier alpha value is 0.430. The Bertz CT molecular complexity index is 572. The Morgan fingerprint density at radius 3 is 0.396 bits per heavy atom. The topological polar surface area (TPSA) is 0 Å². The van der Waals surface area contributed by atoms with Crippen molar-refractivity contribution >= 4 is 7.26 Å². The molecule has 0 amide bonds. The predicted octanol–water partition coefficient (Wildman–Crippen LogP) is 20.0. The van der Waals surface area contributed by atoms with E-state index < -0.39 is 7.26 Å². The maximum absolute atomic E-state index is 2.35. The Balaban J connectivity index is 4.71. The van der Waals surface area contributed by atoms with Crippen LogP contribution in [0.1, 0.15) is 310 Å². The van der Waals surface area contributed by atoms with Crippen molar-refractivity contribution in [2.75, 3.05) is 24.6 Å². The van der Waals surface area contributed by atoms with Gasteiger partial charge in [-0.05, 0) is 0 Å². The summed E-state index contributed by atoms with van der Waals surface area (Å²) in [5.41, 5.74) is 0. The van der Waals surface area contributed by atoms with Crippen molar-refractivity contribution in [2.45, 2.75) is 310 Å². The molecule has 0 atom stereocenters. The summed E-state index contributed by atoms with van der Waals surface area (Å²) in [6.07, 6.45) is 72.5. The van der Waals surface area contributed by atoms with Crippen molar-refractivity contribution in [3.8, 4) is 0 Å². The fourth-order valence-corrected chi connectivity index (χ4v) is 14.9. The van der Waals surface area contributed by atoms with Crippen LogP contribution < -0.4 is 0 Å². The van der Waals surface area contributed by atoms with Crippen LogP contribution >= 0.6 is 7.26 Å². The monoisotopic (exact) mass is 765 g/mol. The minimum atomic E-state index is -1.16. The number of hydrogen-bond acceptors (Lipinski definition) is 0. The molecule has 0 spiro atoms. The van der Waals surface area contributed by atoms with E-state index in [0.717, 1.165) is 0 Å². The summed E-state index contributed by atoms with van der Waals surface area (Å²) >= 11 is 0. The molecule has 0 saturated heterocycles. The van der Waals surface area contributed by atoms with Crippen LogP contribution in [-0.2, 0) is 0 Å². The summed E-state index contributed by atoms with van der Waals surface area (Å²) in [6.45, 7) is 9.37. The van der Waals surface area contributed by atoms with E-state index in [2.05, 4.69) is 27.7 Å². The third kappa shape index (κ3) is 41.9. The van der Waals surface area contributed by atoms with Crippen molar-refractivity contribution in [1.29, 1.82) is 0 Å². The normalized spacial score (nSPS) is 12.3. The molecule has 0 aliphatic heterocycles. The quantitative estimate of drug-likeness (QED) is 0.0428. The van der Waals surface area contributed by atoms with Gasteiger partial charge in [0.25, 0.3) is 0 Å².